The third-order valence-electron chi connectivity index (χ3n) is 2.09. The monoisotopic (exact) mass is 297 g/mol. The van der Waals surface area contributed by atoms with E-state index in [1.165, 1.54) is 5.01 Å². The Labute approximate surface area is 107 Å². The smallest absolute Gasteiger partial charge is 0.0937 e. The third kappa shape index (κ3) is 3.66. The number of hydrogen-bond donors (Lipinski definition) is 1. The molecule has 3 nitrogen and oxygen atoms in total. The summed E-state index contributed by atoms with van der Waals surface area (Å²) in [6.45, 7) is 1.74. The second-order valence-corrected chi connectivity index (χ2v) is 5.22. The van der Waals surface area contributed by atoms with Crippen molar-refractivity contribution in [2.45, 2.75) is 13.0 Å². The van der Waals surface area contributed by atoms with Gasteiger partial charge >= 0.3 is 0 Å². The second kappa shape index (κ2) is 6.08. The maximum Gasteiger partial charge on any atom is 0.0937 e. The molecule has 0 aromatic carbocycles. The predicted octanol–water partition coefficient (Wildman–Crippen LogP) is 2.63. The summed E-state index contributed by atoms with van der Waals surface area (Å²) in [7, 11) is 0. The predicted molar refractivity (Wildman–Crippen MR) is 69.5 cm³/mol. The molecule has 16 heavy (non-hydrogen) atoms. The molecule has 0 aliphatic carbocycles. The molecule has 2 aromatic rings. The lowest BCUT2D eigenvalue weighted by molar-refractivity contribution is 0.673. The van der Waals surface area contributed by atoms with Crippen molar-refractivity contribution < 1.29 is 0 Å². The van der Waals surface area contributed by atoms with Crippen LogP contribution in [0.4, 0.5) is 0 Å². The lowest BCUT2D eigenvalue weighted by atomic mass is 10.3. The summed E-state index contributed by atoms with van der Waals surface area (Å²) < 4.78 is 1.01. The largest absolute Gasteiger partial charge is 0.311 e. The molecule has 0 aliphatic rings. The number of halogens is 1. The van der Waals surface area contributed by atoms with E-state index in [1.807, 2.05) is 29.9 Å². The normalized spacial score (nSPS) is 10.6. The first-order valence-electron chi connectivity index (χ1n) is 5.04. The minimum Gasteiger partial charge on any atom is -0.311 e. The van der Waals surface area contributed by atoms with Crippen molar-refractivity contribution in [2.24, 2.45) is 0 Å². The van der Waals surface area contributed by atoms with Gasteiger partial charge in [-0.25, -0.2) is 4.98 Å². The van der Waals surface area contributed by atoms with Crippen molar-refractivity contribution in [3.05, 3.63) is 45.1 Å². The van der Waals surface area contributed by atoms with Crippen molar-refractivity contribution in [1.82, 2.24) is 15.3 Å². The molecule has 2 aromatic heterocycles. The molecule has 0 saturated heterocycles. The van der Waals surface area contributed by atoms with Crippen LogP contribution >= 0.6 is 27.3 Å². The maximum absolute atomic E-state index is 4.29. The van der Waals surface area contributed by atoms with E-state index in [0.29, 0.717) is 0 Å². The van der Waals surface area contributed by atoms with Crippen LogP contribution in [0, 0.1) is 0 Å². The Morgan fingerprint density at radius 1 is 1.31 bits per heavy atom. The van der Waals surface area contributed by atoms with Crippen molar-refractivity contribution in [3.63, 3.8) is 0 Å². The van der Waals surface area contributed by atoms with Gasteiger partial charge in [0, 0.05) is 41.8 Å². The number of nitrogens with one attached hydrogen (secondary N) is 1. The van der Waals surface area contributed by atoms with Crippen LogP contribution in [0.2, 0.25) is 0 Å². The molecule has 0 fully saturated rings. The van der Waals surface area contributed by atoms with Crippen molar-refractivity contribution in [3.8, 4) is 0 Å². The van der Waals surface area contributed by atoms with Crippen LogP contribution in [0.1, 0.15) is 10.7 Å². The SMILES string of the molecule is Brc1ccc(CNCCc2nccs2)nc1. The van der Waals surface area contributed by atoms with E-state index in [-0.39, 0.29) is 0 Å². The molecule has 0 aliphatic heterocycles. The molecule has 0 spiro atoms. The Morgan fingerprint density at radius 3 is 2.94 bits per heavy atom. The zero-order valence-electron chi connectivity index (χ0n) is 8.69. The summed E-state index contributed by atoms with van der Waals surface area (Å²) >= 11 is 5.06. The van der Waals surface area contributed by atoms with Gasteiger partial charge in [-0.2, -0.15) is 0 Å². The molecular formula is C11H12BrN3S. The summed E-state index contributed by atoms with van der Waals surface area (Å²) in [4.78, 5) is 8.52. The standard InChI is InChI=1S/C11H12BrN3S/c12-9-1-2-10(15-7-9)8-13-4-3-11-14-5-6-16-11/h1-2,5-7,13H,3-4,8H2. The van der Waals surface area contributed by atoms with Crippen molar-refractivity contribution in [1.29, 1.82) is 0 Å². The van der Waals surface area contributed by atoms with Gasteiger partial charge in [-0.05, 0) is 28.1 Å². The number of hydrogen-bond acceptors (Lipinski definition) is 4. The average molecular weight is 298 g/mol. The Kier molecular flexibility index (Phi) is 4.44. The topological polar surface area (TPSA) is 37.8 Å². The molecule has 0 radical (unpaired) electrons. The van der Waals surface area contributed by atoms with Gasteiger partial charge in [0.15, 0.2) is 0 Å². The Morgan fingerprint density at radius 2 is 2.25 bits per heavy atom. The van der Waals surface area contributed by atoms with Crippen LogP contribution in [0.3, 0.4) is 0 Å². The van der Waals surface area contributed by atoms with E-state index < -0.39 is 0 Å². The number of nitrogens with zero attached hydrogens (tertiary/aromatic N) is 2. The quantitative estimate of drug-likeness (QED) is 0.862. The first-order valence-corrected chi connectivity index (χ1v) is 6.71. The molecule has 0 saturated carbocycles. The highest BCUT2D eigenvalue weighted by Gasteiger charge is 1.96. The van der Waals surface area contributed by atoms with Gasteiger partial charge in [0.25, 0.3) is 0 Å². The molecule has 2 heterocycles. The highest BCUT2D eigenvalue weighted by molar-refractivity contribution is 9.10. The summed E-state index contributed by atoms with van der Waals surface area (Å²) in [5, 5.41) is 6.53. The van der Waals surface area contributed by atoms with Gasteiger partial charge in [-0.15, -0.1) is 11.3 Å². The van der Waals surface area contributed by atoms with Crippen LogP contribution < -0.4 is 5.32 Å². The minimum absolute atomic E-state index is 0.804. The van der Waals surface area contributed by atoms with Crippen LogP contribution in [0.25, 0.3) is 0 Å². The first-order chi connectivity index (χ1) is 7.84. The van der Waals surface area contributed by atoms with Gasteiger partial charge in [0.1, 0.15) is 0 Å². The summed E-state index contributed by atoms with van der Waals surface area (Å²) in [5.74, 6) is 0. The fourth-order valence-corrected chi connectivity index (χ4v) is 2.15. The number of thiazole rings is 1. The van der Waals surface area contributed by atoms with Crippen molar-refractivity contribution >= 4 is 27.3 Å². The van der Waals surface area contributed by atoms with E-state index in [2.05, 4.69) is 31.2 Å². The second-order valence-electron chi connectivity index (χ2n) is 3.32. The summed E-state index contributed by atoms with van der Waals surface area (Å²) in [5.41, 5.74) is 1.06. The third-order valence-corrected chi connectivity index (χ3v) is 3.40. The summed E-state index contributed by atoms with van der Waals surface area (Å²) in [6, 6.07) is 4.02. The van der Waals surface area contributed by atoms with E-state index >= 15 is 0 Å². The fourth-order valence-electron chi connectivity index (χ4n) is 1.30. The number of rotatable bonds is 5. The van der Waals surface area contributed by atoms with Gasteiger partial charge in [0.2, 0.25) is 0 Å². The van der Waals surface area contributed by atoms with Crippen LogP contribution in [0.5, 0.6) is 0 Å². The molecule has 0 atom stereocenters. The van der Waals surface area contributed by atoms with E-state index in [1.54, 1.807) is 11.3 Å². The maximum atomic E-state index is 4.29. The first kappa shape index (κ1) is 11.7. The molecule has 84 valence electrons. The number of pyridine rings is 1. The highest BCUT2D eigenvalue weighted by Crippen LogP contribution is 2.07. The Balaban J connectivity index is 1.70. The lowest BCUT2D eigenvalue weighted by Gasteiger charge is -2.02. The van der Waals surface area contributed by atoms with E-state index in [4.69, 9.17) is 0 Å². The number of aromatic nitrogens is 2. The Bertz CT molecular complexity index is 413. The van der Waals surface area contributed by atoms with Gasteiger partial charge < -0.3 is 5.32 Å². The van der Waals surface area contributed by atoms with Crippen LogP contribution in [-0.4, -0.2) is 16.5 Å². The van der Waals surface area contributed by atoms with Crippen LogP contribution in [-0.2, 0) is 13.0 Å². The van der Waals surface area contributed by atoms with Gasteiger partial charge in [-0.1, -0.05) is 0 Å². The van der Waals surface area contributed by atoms with E-state index in [9.17, 15) is 0 Å². The molecule has 0 unspecified atom stereocenters. The van der Waals surface area contributed by atoms with E-state index in [0.717, 1.165) is 29.7 Å². The molecule has 5 heteroatoms. The van der Waals surface area contributed by atoms with Gasteiger partial charge in [-0.3, -0.25) is 4.98 Å². The molecule has 2 rings (SSSR count). The lowest BCUT2D eigenvalue weighted by Crippen LogP contribution is -2.17. The molecular weight excluding hydrogens is 286 g/mol. The molecule has 1 N–H and O–H groups in total. The average Bonchev–Trinajstić information content (AvgIpc) is 2.80. The van der Waals surface area contributed by atoms with Crippen LogP contribution in [0.15, 0.2) is 34.4 Å². The molecule has 0 bridgehead atoms. The fraction of sp³-hybridized carbons (Fsp3) is 0.273. The molecule has 0 amide bonds. The minimum atomic E-state index is 0.804. The summed E-state index contributed by atoms with van der Waals surface area (Å²) in [6.07, 6.45) is 4.64. The Hall–Kier alpha value is -0.780. The zero-order valence-corrected chi connectivity index (χ0v) is 11.1. The van der Waals surface area contributed by atoms with Crippen molar-refractivity contribution in [2.75, 3.05) is 6.54 Å². The zero-order chi connectivity index (χ0) is 11.2. The van der Waals surface area contributed by atoms with Gasteiger partial charge in [0.05, 0.1) is 10.7 Å². The highest BCUT2D eigenvalue weighted by atomic mass is 79.9.